The van der Waals surface area contributed by atoms with Crippen molar-refractivity contribution in [1.29, 1.82) is 0 Å². The Bertz CT molecular complexity index is 649. The molecule has 0 amide bonds. The fourth-order valence-electron chi connectivity index (χ4n) is 2.47. The Labute approximate surface area is 135 Å². The molecule has 2 rings (SSSR count). The minimum Gasteiger partial charge on any atom is -0.480 e. The van der Waals surface area contributed by atoms with Gasteiger partial charge in [-0.25, -0.2) is 4.79 Å². The SMILES string of the molecule is O=Nc1ccc(N=C2CCC(OCC(=O)O)CC2)cc1C(F)(F)F. The number of hydrogen-bond donors (Lipinski definition) is 1. The Balaban J connectivity index is 2.07. The smallest absolute Gasteiger partial charge is 0.418 e. The lowest BCUT2D eigenvalue weighted by atomic mass is 9.95. The lowest BCUT2D eigenvalue weighted by molar-refractivity contribution is -0.144. The maximum atomic E-state index is 12.9. The maximum absolute atomic E-state index is 12.9. The zero-order valence-electron chi connectivity index (χ0n) is 12.5. The van der Waals surface area contributed by atoms with Gasteiger partial charge in [0.05, 0.1) is 17.4 Å². The Morgan fingerprint density at radius 2 is 1.96 bits per heavy atom. The van der Waals surface area contributed by atoms with Gasteiger partial charge in [0.15, 0.2) is 0 Å². The van der Waals surface area contributed by atoms with Crippen LogP contribution >= 0.6 is 0 Å². The summed E-state index contributed by atoms with van der Waals surface area (Å²) in [5.41, 5.74) is -0.963. The molecule has 0 radical (unpaired) electrons. The van der Waals surface area contributed by atoms with Gasteiger partial charge in [-0.2, -0.15) is 13.2 Å². The van der Waals surface area contributed by atoms with E-state index < -0.39 is 23.4 Å². The first-order chi connectivity index (χ1) is 11.3. The van der Waals surface area contributed by atoms with Gasteiger partial charge in [0.25, 0.3) is 0 Å². The molecule has 0 atom stereocenters. The molecule has 1 fully saturated rings. The number of hydrogen-bond acceptors (Lipinski definition) is 5. The molecule has 1 aliphatic rings. The summed E-state index contributed by atoms with van der Waals surface area (Å²) < 4.78 is 43.8. The first-order valence-electron chi connectivity index (χ1n) is 7.24. The molecule has 9 heteroatoms. The molecule has 0 bridgehead atoms. The molecule has 1 N–H and O–H groups in total. The van der Waals surface area contributed by atoms with Crippen molar-refractivity contribution in [1.82, 2.24) is 0 Å². The topological polar surface area (TPSA) is 88.3 Å². The van der Waals surface area contributed by atoms with Crippen molar-refractivity contribution in [3.63, 3.8) is 0 Å². The van der Waals surface area contributed by atoms with Crippen LogP contribution in [0, 0.1) is 4.91 Å². The van der Waals surface area contributed by atoms with Gasteiger partial charge in [-0.05, 0) is 49.1 Å². The normalized spacial score (nSPS) is 18.3. The van der Waals surface area contributed by atoms with E-state index in [0.29, 0.717) is 31.4 Å². The van der Waals surface area contributed by atoms with Gasteiger partial charge in [0.2, 0.25) is 0 Å². The van der Waals surface area contributed by atoms with E-state index >= 15 is 0 Å². The molecule has 0 aromatic heterocycles. The van der Waals surface area contributed by atoms with E-state index in [4.69, 9.17) is 9.84 Å². The number of benzene rings is 1. The van der Waals surface area contributed by atoms with Gasteiger partial charge in [-0.3, -0.25) is 4.99 Å². The monoisotopic (exact) mass is 344 g/mol. The van der Waals surface area contributed by atoms with Gasteiger partial charge < -0.3 is 9.84 Å². The van der Waals surface area contributed by atoms with Crippen molar-refractivity contribution in [3.05, 3.63) is 28.7 Å². The van der Waals surface area contributed by atoms with Crippen LogP contribution in [0.2, 0.25) is 0 Å². The Morgan fingerprint density at radius 1 is 1.29 bits per heavy atom. The first kappa shape index (κ1) is 18.1. The molecule has 1 saturated carbocycles. The number of carboxylic acid groups (broad SMARTS) is 1. The highest BCUT2D eigenvalue weighted by Crippen LogP contribution is 2.38. The molecule has 0 aliphatic heterocycles. The van der Waals surface area contributed by atoms with Crippen LogP contribution in [-0.2, 0) is 15.7 Å². The molecular weight excluding hydrogens is 329 g/mol. The number of nitrogens with zero attached hydrogens (tertiary/aromatic N) is 2. The van der Waals surface area contributed by atoms with Gasteiger partial charge in [0, 0.05) is 5.71 Å². The second-order valence-electron chi connectivity index (χ2n) is 5.37. The molecule has 130 valence electrons. The third-order valence-corrected chi connectivity index (χ3v) is 3.62. The summed E-state index contributed by atoms with van der Waals surface area (Å²) in [5, 5.41) is 10.9. The van der Waals surface area contributed by atoms with Crippen LogP contribution in [0.25, 0.3) is 0 Å². The Morgan fingerprint density at radius 3 is 2.50 bits per heavy atom. The van der Waals surface area contributed by atoms with Crippen LogP contribution in [0.4, 0.5) is 24.5 Å². The van der Waals surface area contributed by atoms with Gasteiger partial charge in [-0.1, -0.05) is 0 Å². The second kappa shape index (κ2) is 7.52. The molecule has 1 aromatic rings. The fraction of sp³-hybridized carbons (Fsp3) is 0.467. The first-order valence-corrected chi connectivity index (χ1v) is 7.24. The number of rotatable bonds is 5. The number of aliphatic imine (C=N–C) groups is 1. The van der Waals surface area contributed by atoms with Crippen molar-refractivity contribution in [2.45, 2.75) is 38.0 Å². The van der Waals surface area contributed by atoms with E-state index in [2.05, 4.69) is 10.2 Å². The molecule has 1 aromatic carbocycles. The van der Waals surface area contributed by atoms with Crippen LogP contribution in [0.5, 0.6) is 0 Å². The van der Waals surface area contributed by atoms with Crippen LogP contribution < -0.4 is 0 Å². The molecule has 0 spiro atoms. The quantitative estimate of drug-likeness (QED) is 0.810. The highest BCUT2D eigenvalue weighted by Gasteiger charge is 2.34. The zero-order chi connectivity index (χ0) is 17.7. The summed E-state index contributed by atoms with van der Waals surface area (Å²) in [4.78, 5) is 25.1. The summed E-state index contributed by atoms with van der Waals surface area (Å²) >= 11 is 0. The van der Waals surface area contributed by atoms with Crippen LogP contribution in [0.15, 0.2) is 28.4 Å². The molecule has 24 heavy (non-hydrogen) atoms. The number of nitroso groups, excluding NO2 is 1. The van der Waals surface area contributed by atoms with Crippen molar-refractivity contribution in [2.24, 2.45) is 10.2 Å². The van der Waals surface area contributed by atoms with E-state index in [1.54, 1.807) is 0 Å². The molecule has 6 nitrogen and oxygen atoms in total. The van der Waals surface area contributed by atoms with E-state index in [1.165, 1.54) is 6.07 Å². The van der Waals surface area contributed by atoms with E-state index in [-0.39, 0.29) is 18.4 Å². The summed E-state index contributed by atoms with van der Waals surface area (Å²) in [6.07, 6.45) is -2.72. The molecule has 1 aliphatic carbocycles. The number of ether oxygens (including phenoxy) is 1. The summed E-state index contributed by atoms with van der Waals surface area (Å²) in [7, 11) is 0. The van der Waals surface area contributed by atoms with Crippen LogP contribution in [-0.4, -0.2) is 29.5 Å². The predicted octanol–water partition coefficient (Wildman–Crippen LogP) is 4.22. The molecular formula is C15H15F3N2O4. The Kier molecular flexibility index (Phi) is 5.66. The number of carbonyl (C=O) groups is 1. The van der Waals surface area contributed by atoms with Crippen LogP contribution in [0.1, 0.15) is 31.2 Å². The van der Waals surface area contributed by atoms with Crippen molar-refractivity contribution in [3.8, 4) is 0 Å². The zero-order valence-corrected chi connectivity index (χ0v) is 12.5. The summed E-state index contributed by atoms with van der Waals surface area (Å²) in [5.74, 6) is -1.04. The maximum Gasteiger partial charge on any atom is 0.418 e. The average molecular weight is 344 g/mol. The second-order valence-corrected chi connectivity index (χ2v) is 5.37. The summed E-state index contributed by atoms with van der Waals surface area (Å²) in [6, 6.07) is 3.11. The lowest BCUT2D eigenvalue weighted by Gasteiger charge is -2.22. The van der Waals surface area contributed by atoms with E-state index in [1.807, 2.05) is 0 Å². The van der Waals surface area contributed by atoms with Gasteiger partial charge in [-0.15, -0.1) is 4.91 Å². The third-order valence-electron chi connectivity index (χ3n) is 3.62. The molecule has 0 heterocycles. The van der Waals surface area contributed by atoms with Crippen molar-refractivity contribution < 1.29 is 27.8 Å². The van der Waals surface area contributed by atoms with Crippen molar-refractivity contribution in [2.75, 3.05) is 6.61 Å². The number of aliphatic carboxylic acids is 1. The standard InChI is InChI=1S/C15H15F3N2O4/c16-15(17,18)12-7-10(3-6-13(12)20-23)19-9-1-4-11(5-2-9)24-8-14(21)22/h3,6-7,11H,1-2,4-5,8H2,(H,21,22). The summed E-state index contributed by atoms with van der Waals surface area (Å²) in [6.45, 7) is -0.369. The molecule has 0 saturated heterocycles. The fourth-order valence-corrected chi connectivity index (χ4v) is 2.47. The van der Waals surface area contributed by atoms with E-state index in [0.717, 1.165) is 12.1 Å². The van der Waals surface area contributed by atoms with Gasteiger partial charge >= 0.3 is 12.1 Å². The number of carboxylic acids is 1. The largest absolute Gasteiger partial charge is 0.480 e. The number of alkyl halides is 3. The highest BCUT2D eigenvalue weighted by molar-refractivity contribution is 5.87. The average Bonchev–Trinajstić information content (AvgIpc) is 2.53. The highest BCUT2D eigenvalue weighted by atomic mass is 19.4. The van der Waals surface area contributed by atoms with E-state index in [9.17, 15) is 22.9 Å². The Hall–Kier alpha value is -2.29. The molecule has 0 unspecified atom stereocenters. The van der Waals surface area contributed by atoms with Crippen LogP contribution in [0.3, 0.4) is 0 Å². The van der Waals surface area contributed by atoms with Gasteiger partial charge in [0.1, 0.15) is 12.3 Å². The minimum absolute atomic E-state index is 0.106. The third kappa shape index (κ3) is 4.85. The predicted molar refractivity (Wildman–Crippen MR) is 79.8 cm³/mol. The minimum atomic E-state index is -4.68. The lowest BCUT2D eigenvalue weighted by Crippen LogP contribution is -2.24. The van der Waals surface area contributed by atoms with Crippen molar-refractivity contribution >= 4 is 23.1 Å². The number of halogens is 3.